The first-order valence-electron chi connectivity index (χ1n) is 7.18. The Labute approximate surface area is 132 Å². The lowest BCUT2D eigenvalue weighted by Gasteiger charge is -2.25. The maximum Gasteiger partial charge on any atom is 0.113 e. The van der Waals surface area contributed by atoms with E-state index in [-0.39, 0.29) is 5.54 Å². The van der Waals surface area contributed by atoms with Crippen molar-refractivity contribution >= 4 is 27.3 Å². The molecule has 0 radical (unpaired) electrons. The minimum absolute atomic E-state index is 0.203. The van der Waals surface area contributed by atoms with Crippen molar-refractivity contribution in [1.29, 1.82) is 0 Å². The van der Waals surface area contributed by atoms with Crippen LogP contribution in [-0.4, -0.2) is 4.98 Å². The van der Waals surface area contributed by atoms with Crippen molar-refractivity contribution in [2.24, 2.45) is 5.73 Å². The molecule has 0 bridgehead atoms. The maximum absolute atomic E-state index is 6.64. The maximum atomic E-state index is 6.64. The van der Waals surface area contributed by atoms with Crippen molar-refractivity contribution in [3.05, 3.63) is 39.1 Å². The van der Waals surface area contributed by atoms with Crippen molar-refractivity contribution in [3.8, 4) is 11.3 Å². The van der Waals surface area contributed by atoms with Crippen molar-refractivity contribution in [1.82, 2.24) is 4.98 Å². The van der Waals surface area contributed by atoms with Gasteiger partial charge in [-0.15, -0.1) is 11.3 Å². The summed E-state index contributed by atoms with van der Waals surface area (Å²) in [5.41, 5.74) is 8.63. The van der Waals surface area contributed by atoms with E-state index in [0.717, 1.165) is 33.6 Å². The molecule has 0 atom stereocenters. The van der Waals surface area contributed by atoms with E-state index < -0.39 is 0 Å². The lowest BCUT2D eigenvalue weighted by molar-refractivity contribution is 0.384. The van der Waals surface area contributed by atoms with Crippen molar-refractivity contribution in [2.75, 3.05) is 0 Å². The SMILES string of the molecule is NC1(c2nc(-c3cccc(Br)c3)cs2)CCCCCC1. The first-order valence-corrected chi connectivity index (χ1v) is 8.85. The molecule has 2 N–H and O–H groups in total. The van der Waals surface area contributed by atoms with E-state index in [0.29, 0.717) is 0 Å². The predicted octanol–water partition coefficient (Wildman–Crippen LogP) is 5.08. The molecule has 2 aromatic rings. The van der Waals surface area contributed by atoms with Crippen LogP contribution in [0.2, 0.25) is 0 Å². The van der Waals surface area contributed by atoms with Gasteiger partial charge >= 0.3 is 0 Å². The second-order valence-electron chi connectivity index (χ2n) is 5.62. The fraction of sp³-hybridized carbons (Fsp3) is 0.438. The van der Waals surface area contributed by atoms with Crippen molar-refractivity contribution in [2.45, 2.75) is 44.1 Å². The number of rotatable bonds is 2. The zero-order valence-corrected chi connectivity index (χ0v) is 13.8. The van der Waals surface area contributed by atoms with Gasteiger partial charge in [-0.1, -0.05) is 53.7 Å². The molecule has 4 heteroatoms. The Morgan fingerprint density at radius 2 is 1.90 bits per heavy atom. The van der Waals surface area contributed by atoms with Crippen LogP contribution in [0.25, 0.3) is 11.3 Å². The van der Waals surface area contributed by atoms with Gasteiger partial charge in [0.15, 0.2) is 0 Å². The summed E-state index contributed by atoms with van der Waals surface area (Å²) in [6.45, 7) is 0. The molecule has 1 aliphatic carbocycles. The van der Waals surface area contributed by atoms with E-state index in [4.69, 9.17) is 10.7 Å². The molecule has 0 saturated heterocycles. The monoisotopic (exact) mass is 350 g/mol. The first kappa shape index (κ1) is 14.2. The predicted molar refractivity (Wildman–Crippen MR) is 88.8 cm³/mol. The van der Waals surface area contributed by atoms with Gasteiger partial charge in [0.2, 0.25) is 0 Å². The summed E-state index contributed by atoms with van der Waals surface area (Å²) in [5.74, 6) is 0. The molecule has 1 aromatic heterocycles. The van der Waals surface area contributed by atoms with E-state index in [1.165, 1.54) is 25.7 Å². The Morgan fingerprint density at radius 3 is 2.60 bits per heavy atom. The minimum atomic E-state index is -0.203. The highest BCUT2D eigenvalue weighted by Gasteiger charge is 2.31. The number of hydrogen-bond acceptors (Lipinski definition) is 3. The Kier molecular flexibility index (Phi) is 4.24. The molecule has 1 aliphatic rings. The fourth-order valence-electron chi connectivity index (χ4n) is 2.86. The lowest BCUT2D eigenvalue weighted by Crippen LogP contribution is -2.35. The molecule has 0 amide bonds. The van der Waals surface area contributed by atoms with E-state index >= 15 is 0 Å². The average Bonchev–Trinajstić information content (AvgIpc) is 2.84. The summed E-state index contributed by atoms with van der Waals surface area (Å²) < 4.78 is 1.08. The number of halogens is 1. The van der Waals surface area contributed by atoms with Gasteiger partial charge in [0.05, 0.1) is 11.2 Å². The number of thiazole rings is 1. The van der Waals surface area contributed by atoms with Crippen LogP contribution in [0.15, 0.2) is 34.1 Å². The Balaban J connectivity index is 1.89. The molecule has 20 heavy (non-hydrogen) atoms. The molecule has 1 fully saturated rings. The summed E-state index contributed by atoms with van der Waals surface area (Å²) in [5, 5.41) is 3.24. The van der Waals surface area contributed by atoms with Gasteiger partial charge in [0, 0.05) is 15.4 Å². The zero-order chi connectivity index (χ0) is 14.0. The number of aromatic nitrogens is 1. The first-order chi connectivity index (χ1) is 9.67. The van der Waals surface area contributed by atoms with Crippen LogP contribution < -0.4 is 5.73 Å². The highest BCUT2D eigenvalue weighted by molar-refractivity contribution is 9.10. The Hall–Kier alpha value is -0.710. The summed E-state index contributed by atoms with van der Waals surface area (Å²) >= 11 is 5.23. The third kappa shape index (κ3) is 2.97. The van der Waals surface area contributed by atoms with Gasteiger partial charge in [-0.05, 0) is 25.0 Å². The second kappa shape index (κ2) is 5.96. The average molecular weight is 351 g/mol. The zero-order valence-electron chi connectivity index (χ0n) is 11.4. The van der Waals surface area contributed by atoms with Gasteiger partial charge in [0.25, 0.3) is 0 Å². The van der Waals surface area contributed by atoms with E-state index in [9.17, 15) is 0 Å². The van der Waals surface area contributed by atoms with Crippen LogP contribution in [0.5, 0.6) is 0 Å². The molecule has 2 nitrogen and oxygen atoms in total. The molecule has 0 spiro atoms. The number of nitrogens with two attached hydrogens (primary N) is 1. The summed E-state index contributed by atoms with van der Waals surface area (Å²) in [4.78, 5) is 4.83. The normalized spacial score (nSPS) is 18.7. The van der Waals surface area contributed by atoms with Crippen LogP contribution in [0.4, 0.5) is 0 Å². The van der Waals surface area contributed by atoms with E-state index in [1.54, 1.807) is 11.3 Å². The van der Waals surface area contributed by atoms with Gasteiger partial charge in [-0.25, -0.2) is 4.98 Å². The smallest absolute Gasteiger partial charge is 0.113 e. The van der Waals surface area contributed by atoms with Gasteiger partial charge in [-0.2, -0.15) is 0 Å². The van der Waals surface area contributed by atoms with Crippen LogP contribution in [0, 0.1) is 0 Å². The topological polar surface area (TPSA) is 38.9 Å². The molecule has 1 saturated carbocycles. The standard InChI is InChI=1S/C16H19BrN2S/c17-13-7-5-6-12(10-13)14-11-20-15(19-14)16(18)8-3-1-2-4-9-16/h5-7,10-11H,1-4,8-9,18H2. The minimum Gasteiger partial charge on any atom is -0.319 e. The van der Waals surface area contributed by atoms with Gasteiger partial charge < -0.3 is 5.73 Å². The molecule has 3 rings (SSSR count). The van der Waals surface area contributed by atoms with E-state index in [2.05, 4.69) is 33.4 Å². The summed E-state index contributed by atoms with van der Waals surface area (Å²) in [7, 11) is 0. The van der Waals surface area contributed by atoms with Crippen molar-refractivity contribution in [3.63, 3.8) is 0 Å². The number of nitrogens with zero attached hydrogens (tertiary/aromatic N) is 1. The third-order valence-corrected chi connectivity index (χ3v) is 5.60. The van der Waals surface area contributed by atoms with Gasteiger partial charge in [0.1, 0.15) is 5.01 Å². The second-order valence-corrected chi connectivity index (χ2v) is 7.39. The number of hydrogen-bond donors (Lipinski definition) is 1. The van der Waals surface area contributed by atoms with Gasteiger partial charge in [-0.3, -0.25) is 0 Å². The fourth-order valence-corrected chi connectivity index (χ4v) is 4.26. The summed E-state index contributed by atoms with van der Waals surface area (Å²) in [6.07, 6.45) is 7.20. The van der Waals surface area contributed by atoms with Crippen LogP contribution >= 0.6 is 27.3 Å². The Bertz CT molecular complexity index is 586. The molecule has 1 aromatic carbocycles. The molecular weight excluding hydrogens is 332 g/mol. The summed E-state index contributed by atoms with van der Waals surface area (Å²) in [6, 6.07) is 8.28. The number of benzene rings is 1. The molecular formula is C16H19BrN2S. The van der Waals surface area contributed by atoms with Crippen molar-refractivity contribution < 1.29 is 0 Å². The largest absolute Gasteiger partial charge is 0.319 e. The quantitative estimate of drug-likeness (QED) is 0.766. The Morgan fingerprint density at radius 1 is 1.15 bits per heavy atom. The lowest BCUT2D eigenvalue weighted by atomic mass is 9.92. The molecule has 1 heterocycles. The highest BCUT2D eigenvalue weighted by atomic mass is 79.9. The van der Waals surface area contributed by atoms with Crippen LogP contribution in [0.3, 0.4) is 0 Å². The molecule has 106 valence electrons. The van der Waals surface area contributed by atoms with Crippen LogP contribution in [0.1, 0.15) is 43.5 Å². The van der Waals surface area contributed by atoms with E-state index in [1.807, 2.05) is 12.1 Å². The highest BCUT2D eigenvalue weighted by Crippen LogP contribution is 2.37. The third-order valence-electron chi connectivity index (χ3n) is 4.05. The molecule has 0 aliphatic heterocycles. The molecule has 0 unspecified atom stereocenters. The van der Waals surface area contributed by atoms with Crippen LogP contribution in [-0.2, 0) is 5.54 Å².